The van der Waals surface area contributed by atoms with E-state index in [2.05, 4.69) is 121 Å². The van der Waals surface area contributed by atoms with E-state index >= 15 is 0 Å². The summed E-state index contributed by atoms with van der Waals surface area (Å²) >= 11 is -5.09. The summed E-state index contributed by atoms with van der Waals surface area (Å²) in [6.07, 6.45) is 1.79. The predicted octanol–water partition coefficient (Wildman–Crippen LogP) is 2.92. The van der Waals surface area contributed by atoms with E-state index in [-0.39, 0.29) is 24.4 Å². The average Bonchev–Trinajstić information content (AvgIpc) is 3.68. The van der Waals surface area contributed by atoms with Gasteiger partial charge in [-0.2, -0.15) is 0 Å². The molecule has 0 radical (unpaired) electrons. The van der Waals surface area contributed by atoms with Crippen LogP contribution in [0.25, 0.3) is 0 Å². The van der Waals surface area contributed by atoms with Gasteiger partial charge in [0.25, 0.3) is 0 Å². The van der Waals surface area contributed by atoms with Crippen LogP contribution in [0.2, 0.25) is 0 Å². The first kappa shape index (κ1) is 22.7. The third-order valence-corrected chi connectivity index (χ3v) is 23.7. The first-order valence-electron chi connectivity index (χ1n) is 12.5. The van der Waals surface area contributed by atoms with Gasteiger partial charge in [0.2, 0.25) is 0 Å². The van der Waals surface area contributed by atoms with Gasteiger partial charge >= 0.3 is 213 Å². The second kappa shape index (κ2) is 8.81. The molecule has 3 saturated heterocycles. The van der Waals surface area contributed by atoms with E-state index in [0.29, 0.717) is 0 Å². The Morgan fingerprint density at radius 2 is 0.861 bits per heavy atom. The molecule has 182 valence electrons. The Bertz CT molecular complexity index is 1150. The molecule has 6 heteroatoms. The molecule has 4 unspecified atom stereocenters. The van der Waals surface area contributed by atoms with E-state index < -0.39 is 17.8 Å². The second-order valence-electron chi connectivity index (χ2n) is 9.61. The van der Waals surface area contributed by atoms with Crippen LogP contribution in [0.5, 0.6) is 0 Å². The zero-order valence-corrected chi connectivity index (χ0v) is 22.4. The van der Waals surface area contributed by atoms with Crippen molar-refractivity contribution >= 4 is 31.9 Å². The summed E-state index contributed by atoms with van der Waals surface area (Å²) in [5, 5.41) is 1.35. The molecular formula is C30H28NO4Sb. The first-order chi connectivity index (χ1) is 17.8. The summed E-state index contributed by atoms with van der Waals surface area (Å²) in [6.45, 7) is 0. The predicted molar refractivity (Wildman–Crippen MR) is 141 cm³/mol. The zero-order chi connectivity index (χ0) is 24.0. The Kier molecular flexibility index (Phi) is 5.55. The van der Waals surface area contributed by atoms with E-state index in [1.807, 2.05) is 0 Å². The van der Waals surface area contributed by atoms with Crippen molar-refractivity contribution in [3.05, 3.63) is 121 Å². The van der Waals surface area contributed by atoms with Crippen molar-refractivity contribution < 1.29 is 17.5 Å². The number of nitrogens with zero attached hydrogens (tertiary/aromatic N) is 1. The van der Waals surface area contributed by atoms with Crippen LogP contribution in [0.4, 0.5) is 0 Å². The van der Waals surface area contributed by atoms with Crippen LogP contribution in [0.1, 0.15) is 12.8 Å². The van der Waals surface area contributed by atoms with Crippen molar-refractivity contribution in [1.82, 2.24) is 5.39 Å². The van der Waals surface area contributed by atoms with Crippen molar-refractivity contribution in [3.8, 4) is 0 Å². The van der Waals surface area contributed by atoms with Gasteiger partial charge in [-0.3, -0.25) is 0 Å². The molecule has 4 aromatic carbocycles. The monoisotopic (exact) mass is 587 g/mol. The fourth-order valence-corrected chi connectivity index (χ4v) is 21.8. The zero-order valence-electron chi connectivity index (χ0n) is 19.8. The molecule has 3 heterocycles. The number of hydrogen-bond acceptors (Lipinski definition) is 5. The summed E-state index contributed by atoms with van der Waals surface area (Å²) < 4.78 is 18.0. The van der Waals surface area contributed by atoms with Gasteiger partial charge in [0.05, 0.1) is 0 Å². The van der Waals surface area contributed by atoms with Gasteiger partial charge in [-0.25, -0.2) is 0 Å². The molecule has 3 aliphatic heterocycles. The minimum atomic E-state index is -5.09. The van der Waals surface area contributed by atoms with Crippen LogP contribution >= 0.6 is 0 Å². The molecule has 0 spiro atoms. The van der Waals surface area contributed by atoms with Crippen molar-refractivity contribution in [2.75, 3.05) is 0 Å². The summed E-state index contributed by atoms with van der Waals surface area (Å²) in [4.78, 5) is 12.8. The maximum atomic E-state index is 7.43. The molecule has 3 aliphatic rings. The van der Waals surface area contributed by atoms with Crippen LogP contribution in [-0.4, -0.2) is 47.6 Å². The van der Waals surface area contributed by atoms with E-state index in [0.717, 1.165) is 26.9 Å². The Morgan fingerprint density at radius 3 is 1.19 bits per heavy atom. The van der Waals surface area contributed by atoms with Crippen LogP contribution in [0, 0.1) is 0 Å². The molecule has 0 amide bonds. The van der Waals surface area contributed by atoms with Crippen molar-refractivity contribution in [2.45, 2.75) is 37.3 Å². The quantitative estimate of drug-likeness (QED) is 0.325. The Balaban J connectivity index is 1.53. The number of rotatable bonds is 6. The molecule has 2 bridgehead atoms. The molecule has 3 fully saturated rings. The van der Waals surface area contributed by atoms with E-state index in [9.17, 15) is 0 Å². The van der Waals surface area contributed by atoms with E-state index in [1.54, 1.807) is 0 Å². The maximum absolute atomic E-state index is 7.43. The van der Waals surface area contributed by atoms with E-state index in [4.69, 9.17) is 17.5 Å². The molecular weight excluding hydrogens is 560 g/mol. The molecule has 0 saturated carbocycles. The van der Waals surface area contributed by atoms with Gasteiger partial charge in [0.1, 0.15) is 0 Å². The third-order valence-electron chi connectivity index (χ3n) is 7.78. The summed E-state index contributed by atoms with van der Waals surface area (Å²) in [6, 6.07) is 42.5. The summed E-state index contributed by atoms with van der Waals surface area (Å²) in [5.74, 6) is 0. The third kappa shape index (κ3) is 3.15. The number of hydrogen-bond donors (Lipinski definition) is 0. The average molecular weight is 588 g/mol. The Morgan fingerprint density at radius 1 is 0.528 bits per heavy atom. The molecule has 36 heavy (non-hydrogen) atoms. The Hall–Kier alpha value is -2.50. The van der Waals surface area contributed by atoms with Crippen LogP contribution < -0.4 is 14.0 Å². The molecule has 4 aromatic rings. The second-order valence-corrected chi connectivity index (χ2v) is 21.9. The van der Waals surface area contributed by atoms with Crippen molar-refractivity contribution in [3.63, 3.8) is 0 Å². The molecule has 0 aromatic heterocycles. The fraction of sp³-hybridized carbons (Fsp3) is 0.200. The molecule has 4 atom stereocenters. The molecule has 0 N–H and O–H groups in total. The molecule has 0 aliphatic carbocycles. The number of benzene rings is 4. The van der Waals surface area contributed by atoms with Gasteiger partial charge < -0.3 is 0 Å². The first-order valence-corrected chi connectivity index (χ1v) is 18.7. The van der Waals surface area contributed by atoms with Crippen LogP contribution in [0.15, 0.2) is 121 Å². The molecule has 5 nitrogen and oxygen atoms in total. The topological polar surface area (TPSA) is 40.2 Å². The van der Waals surface area contributed by atoms with Gasteiger partial charge in [-0.05, 0) is 0 Å². The fourth-order valence-electron chi connectivity index (χ4n) is 6.18. The van der Waals surface area contributed by atoms with E-state index in [1.165, 1.54) is 5.39 Å². The Labute approximate surface area is 212 Å². The standard InChI is InChI=1S/C6H8NO4.4C6H5.Sb/c8-7-10-5-3-1-2-4(9-3)6(5)11-7;4*1-2-4-6-5-3-1;/h3-6H,1-2H2;4*1-5H;/q-1;;;;;+1. The van der Waals surface area contributed by atoms with Gasteiger partial charge in [-0.15, -0.1) is 0 Å². The SMILES string of the molecule is c1cc[c]([Sb]([O]N2OC3C4CCC(O4)C3O2)([c]2ccccc2)([c]2ccccc2)[c]2ccccc2)cc1. The van der Waals surface area contributed by atoms with Crippen molar-refractivity contribution in [1.29, 1.82) is 0 Å². The van der Waals surface area contributed by atoms with Crippen molar-refractivity contribution in [2.24, 2.45) is 0 Å². The van der Waals surface area contributed by atoms with Gasteiger partial charge in [-0.1, -0.05) is 0 Å². The minimum absolute atomic E-state index is 0.0510. The number of ether oxygens (including phenoxy) is 1. The van der Waals surface area contributed by atoms with Gasteiger partial charge in [0, 0.05) is 0 Å². The number of fused-ring (bicyclic) bond motifs is 5. The summed E-state index contributed by atoms with van der Waals surface area (Å²) in [5.41, 5.74) is 0. The summed E-state index contributed by atoms with van der Waals surface area (Å²) in [7, 11) is 0. The molecule has 7 rings (SSSR count). The normalized spacial score (nSPS) is 26.4. The van der Waals surface area contributed by atoms with Crippen LogP contribution in [0.3, 0.4) is 0 Å². The van der Waals surface area contributed by atoms with Gasteiger partial charge in [0.15, 0.2) is 0 Å². The van der Waals surface area contributed by atoms with Crippen LogP contribution in [-0.2, 0) is 17.5 Å².